The molecule has 0 aliphatic carbocycles. The second-order valence-electron chi connectivity index (χ2n) is 2.36. The summed E-state index contributed by atoms with van der Waals surface area (Å²) < 4.78 is 0. The van der Waals surface area contributed by atoms with Gasteiger partial charge in [0.05, 0.1) is 0 Å². The Morgan fingerprint density at radius 3 is 2.45 bits per heavy atom. The van der Waals surface area contributed by atoms with Crippen LogP contribution in [-0.4, -0.2) is 0 Å². The first-order chi connectivity index (χ1) is 5.33. The zero-order valence-corrected chi connectivity index (χ0v) is 7.31. The SMILES string of the molecule is CC/C=C\c1ccc(Cl)cc1. The van der Waals surface area contributed by atoms with Crippen molar-refractivity contribution >= 4 is 17.7 Å². The van der Waals surface area contributed by atoms with Crippen LogP contribution in [0.15, 0.2) is 30.3 Å². The molecule has 0 spiro atoms. The second-order valence-corrected chi connectivity index (χ2v) is 2.80. The molecule has 0 heterocycles. The Bertz CT molecular complexity index is 234. The zero-order chi connectivity index (χ0) is 8.10. The van der Waals surface area contributed by atoms with Crippen molar-refractivity contribution < 1.29 is 0 Å². The predicted octanol–water partition coefficient (Wildman–Crippen LogP) is 3.76. The lowest BCUT2D eigenvalue weighted by molar-refractivity contribution is 1.23. The van der Waals surface area contributed by atoms with Crippen LogP contribution in [0.5, 0.6) is 0 Å². The Morgan fingerprint density at radius 2 is 1.91 bits per heavy atom. The molecule has 0 aliphatic rings. The van der Waals surface area contributed by atoms with Crippen molar-refractivity contribution in [2.75, 3.05) is 0 Å². The third kappa shape index (κ3) is 2.77. The zero-order valence-electron chi connectivity index (χ0n) is 6.55. The first-order valence-electron chi connectivity index (χ1n) is 3.75. The van der Waals surface area contributed by atoms with Crippen LogP contribution in [0.1, 0.15) is 18.9 Å². The third-order valence-electron chi connectivity index (χ3n) is 1.42. The summed E-state index contributed by atoms with van der Waals surface area (Å²) in [7, 11) is 0. The highest BCUT2D eigenvalue weighted by Gasteiger charge is 1.85. The molecular formula is C10H11Cl. The lowest BCUT2D eigenvalue weighted by Crippen LogP contribution is -1.69. The first-order valence-corrected chi connectivity index (χ1v) is 4.13. The van der Waals surface area contributed by atoms with Gasteiger partial charge in [-0.05, 0) is 24.1 Å². The summed E-state index contributed by atoms with van der Waals surface area (Å²) in [4.78, 5) is 0. The lowest BCUT2D eigenvalue weighted by atomic mass is 10.2. The van der Waals surface area contributed by atoms with Crippen molar-refractivity contribution in [1.29, 1.82) is 0 Å². The van der Waals surface area contributed by atoms with E-state index in [0.717, 1.165) is 11.4 Å². The standard InChI is InChI=1S/C10H11Cl/c1-2-3-4-9-5-7-10(11)8-6-9/h3-8H,2H2,1H3/b4-3-. The topological polar surface area (TPSA) is 0 Å². The van der Waals surface area contributed by atoms with Gasteiger partial charge >= 0.3 is 0 Å². The van der Waals surface area contributed by atoms with Gasteiger partial charge < -0.3 is 0 Å². The smallest absolute Gasteiger partial charge is 0.0406 e. The highest BCUT2D eigenvalue weighted by atomic mass is 35.5. The average Bonchev–Trinajstić information content (AvgIpc) is 2.04. The van der Waals surface area contributed by atoms with Crippen molar-refractivity contribution in [3.05, 3.63) is 40.9 Å². The summed E-state index contributed by atoms with van der Waals surface area (Å²) >= 11 is 5.72. The molecule has 0 unspecified atom stereocenters. The van der Waals surface area contributed by atoms with Crippen LogP contribution in [0.25, 0.3) is 6.08 Å². The summed E-state index contributed by atoms with van der Waals surface area (Å²) in [5.74, 6) is 0. The Balaban J connectivity index is 2.73. The van der Waals surface area contributed by atoms with Crippen LogP contribution in [0, 0.1) is 0 Å². The maximum atomic E-state index is 5.72. The van der Waals surface area contributed by atoms with Gasteiger partial charge in [-0.1, -0.05) is 42.8 Å². The number of halogens is 1. The molecule has 0 radical (unpaired) electrons. The monoisotopic (exact) mass is 166 g/mol. The van der Waals surface area contributed by atoms with E-state index >= 15 is 0 Å². The average molecular weight is 167 g/mol. The molecule has 0 aromatic heterocycles. The summed E-state index contributed by atoms with van der Waals surface area (Å²) in [6, 6.07) is 7.82. The van der Waals surface area contributed by atoms with E-state index in [4.69, 9.17) is 11.6 Å². The fraction of sp³-hybridized carbons (Fsp3) is 0.200. The maximum absolute atomic E-state index is 5.72. The van der Waals surface area contributed by atoms with Gasteiger partial charge in [0.15, 0.2) is 0 Å². The third-order valence-corrected chi connectivity index (χ3v) is 1.67. The van der Waals surface area contributed by atoms with Crippen LogP contribution in [0.4, 0.5) is 0 Å². The molecule has 0 saturated carbocycles. The molecular weight excluding hydrogens is 156 g/mol. The van der Waals surface area contributed by atoms with E-state index in [2.05, 4.69) is 19.1 Å². The van der Waals surface area contributed by atoms with E-state index in [9.17, 15) is 0 Å². The van der Waals surface area contributed by atoms with E-state index in [1.54, 1.807) is 0 Å². The van der Waals surface area contributed by atoms with E-state index in [1.165, 1.54) is 5.56 Å². The Hall–Kier alpha value is -0.750. The van der Waals surface area contributed by atoms with Gasteiger partial charge in [-0.15, -0.1) is 0 Å². The van der Waals surface area contributed by atoms with Crippen LogP contribution >= 0.6 is 11.6 Å². The molecule has 0 nitrogen and oxygen atoms in total. The largest absolute Gasteiger partial charge is 0.0843 e. The van der Waals surface area contributed by atoms with Crippen LogP contribution in [0.2, 0.25) is 5.02 Å². The van der Waals surface area contributed by atoms with E-state index in [0.29, 0.717) is 0 Å². The number of rotatable bonds is 2. The minimum absolute atomic E-state index is 0.790. The van der Waals surface area contributed by atoms with Crippen molar-refractivity contribution in [2.24, 2.45) is 0 Å². The van der Waals surface area contributed by atoms with Crippen molar-refractivity contribution in [3.63, 3.8) is 0 Å². The minimum Gasteiger partial charge on any atom is -0.0843 e. The van der Waals surface area contributed by atoms with Crippen molar-refractivity contribution in [1.82, 2.24) is 0 Å². The first kappa shape index (κ1) is 8.35. The Morgan fingerprint density at radius 1 is 1.27 bits per heavy atom. The molecule has 11 heavy (non-hydrogen) atoms. The molecule has 0 aliphatic heterocycles. The summed E-state index contributed by atoms with van der Waals surface area (Å²) in [5.41, 5.74) is 1.20. The maximum Gasteiger partial charge on any atom is 0.0406 e. The van der Waals surface area contributed by atoms with Crippen LogP contribution in [0.3, 0.4) is 0 Å². The summed E-state index contributed by atoms with van der Waals surface area (Å²) in [5, 5.41) is 0.790. The molecule has 1 aromatic carbocycles. The van der Waals surface area contributed by atoms with Gasteiger partial charge in [0.25, 0.3) is 0 Å². The highest BCUT2D eigenvalue weighted by molar-refractivity contribution is 6.30. The molecule has 0 bridgehead atoms. The van der Waals surface area contributed by atoms with Gasteiger partial charge in [0, 0.05) is 5.02 Å². The molecule has 0 fully saturated rings. The molecule has 0 atom stereocenters. The Labute approximate surface area is 72.5 Å². The van der Waals surface area contributed by atoms with E-state index in [-0.39, 0.29) is 0 Å². The molecule has 1 rings (SSSR count). The molecule has 0 N–H and O–H groups in total. The molecule has 0 amide bonds. The molecule has 1 aromatic rings. The van der Waals surface area contributed by atoms with Gasteiger partial charge in [0.1, 0.15) is 0 Å². The van der Waals surface area contributed by atoms with Crippen molar-refractivity contribution in [2.45, 2.75) is 13.3 Å². The van der Waals surface area contributed by atoms with E-state index < -0.39 is 0 Å². The van der Waals surface area contributed by atoms with Gasteiger partial charge in [-0.25, -0.2) is 0 Å². The van der Waals surface area contributed by atoms with Crippen molar-refractivity contribution in [3.8, 4) is 0 Å². The normalized spacial score (nSPS) is 10.7. The van der Waals surface area contributed by atoms with Gasteiger partial charge in [-0.3, -0.25) is 0 Å². The number of hydrogen-bond acceptors (Lipinski definition) is 0. The Kier molecular flexibility index (Phi) is 3.18. The van der Waals surface area contributed by atoms with Gasteiger partial charge in [-0.2, -0.15) is 0 Å². The van der Waals surface area contributed by atoms with Crippen LogP contribution in [-0.2, 0) is 0 Å². The highest BCUT2D eigenvalue weighted by Crippen LogP contribution is 2.10. The molecule has 0 saturated heterocycles. The van der Waals surface area contributed by atoms with E-state index in [1.807, 2.05) is 24.3 Å². The fourth-order valence-electron chi connectivity index (χ4n) is 0.828. The number of allylic oxidation sites excluding steroid dienone is 1. The molecule has 58 valence electrons. The second kappa shape index (κ2) is 4.20. The fourth-order valence-corrected chi connectivity index (χ4v) is 0.954. The lowest BCUT2D eigenvalue weighted by Gasteiger charge is -1.91. The summed E-state index contributed by atoms with van der Waals surface area (Å²) in [6.45, 7) is 2.12. The summed E-state index contributed by atoms with van der Waals surface area (Å²) in [6.07, 6.45) is 5.29. The predicted molar refractivity (Wildman–Crippen MR) is 50.8 cm³/mol. The molecule has 1 heteroatoms. The van der Waals surface area contributed by atoms with Crippen LogP contribution < -0.4 is 0 Å². The minimum atomic E-state index is 0.790. The quantitative estimate of drug-likeness (QED) is 0.628. The number of hydrogen-bond donors (Lipinski definition) is 0. The number of benzene rings is 1. The van der Waals surface area contributed by atoms with Gasteiger partial charge in [0.2, 0.25) is 0 Å².